The number of rotatable bonds is 10. The van der Waals surface area contributed by atoms with Gasteiger partial charge in [0.05, 0.1) is 26.9 Å². The molecular weight excluding hydrogens is 458 g/mol. The summed E-state index contributed by atoms with van der Waals surface area (Å²) in [6, 6.07) is 3.68. The Hall–Kier alpha value is -2.48. The van der Waals surface area contributed by atoms with E-state index in [1.54, 1.807) is 26.2 Å². The van der Waals surface area contributed by atoms with Gasteiger partial charge < -0.3 is 19.1 Å². The van der Waals surface area contributed by atoms with E-state index < -0.39 is 5.54 Å². The first-order valence-electron chi connectivity index (χ1n) is 13.6. The van der Waals surface area contributed by atoms with Crippen molar-refractivity contribution in [3.63, 3.8) is 0 Å². The Kier molecular flexibility index (Phi) is 8.65. The van der Waals surface area contributed by atoms with Crippen molar-refractivity contribution in [2.24, 2.45) is 5.92 Å². The quantitative estimate of drug-likeness (QED) is 0.433. The van der Waals surface area contributed by atoms with Gasteiger partial charge in [-0.2, -0.15) is 0 Å². The van der Waals surface area contributed by atoms with E-state index in [0.29, 0.717) is 44.1 Å². The van der Waals surface area contributed by atoms with Gasteiger partial charge in [-0.1, -0.05) is 32.6 Å². The lowest BCUT2D eigenvalue weighted by Gasteiger charge is -2.42. The summed E-state index contributed by atoms with van der Waals surface area (Å²) in [5.74, 6) is 2.62. The lowest BCUT2D eigenvalue weighted by Crippen LogP contribution is -2.56. The molecule has 1 spiro atoms. The number of hydrogen-bond donors (Lipinski definition) is 0. The maximum absolute atomic E-state index is 13.9. The first-order valence-corrected chi connectivity index (χ1v) is 13.6. The van der Waals surface area contributed by atoms with Gasteiger partial charge in [0.1, 0.15) is 22.8 Å². The van der Waals surface area contributed by atoms with Crippen molar-refractivity contribution >= 4 is 11.9 Å². The average molecular weight is 502 g/mol. The number of unbranched alkanes of at least 4 members (excludes halogenated alkanes) is 1. The highest BCUT2D eigenvalue weighted by Gasteiger charge is 2.57. The van der Waals surface area contributed by atoms with E-state index in [1.165, 1.54) is 19.3 Å². The fourth-order valence-electron chi connectivity index (χ4n) is 6.22. The molecule has 2 heterocycles. The number of benzene rings is 1. The van der Waals surface area contributed by atoms with Gasteiger partial charge in [-0.15, -0.1) is 0 Å². The van der Waals surface area contributed by atoms with Crippen LogP contribution >= 0.6 is 0 Å². The summed E-state index contributed by atoms with van der Waals surface area (Å²) in [4.78, 5) is 33.3. The monoisotopic (exact) mass is 501 g/mol. The van der Waals surface area contributed by atoms with Crippen LogP contribution in [0.5, 0.6) is 17.2 Å². The molecule has 1 aromatic rings. The molecule has 0 aromatic heterocycles. The first-order chi connectivity index (χ1) is 17.5. The van der Waals surface area contributed by atoms with Crippen molar-refractivity contribution in [2.45, 2.75) is 76.8 Å². The molecule has 1 aliphatic carbocycles. The van der Waals surface area contributed by atoms with Crippen LogP contribution in [-0.4, -0.2) is 79.7 Å². The molecule has 2 saturated heterocycles. The largest absolute Gasteiger partial charge is 0.496 e. The maximum Gasteiger partial charge on any atom is 0.327 e. The molecular formula is C28H43N3O5. The van der Waals surface area contributed by atoms with Gasteiger partial charge in [-0.25, -0.2) is 4.79 Å². The molecule has 0 bridgehead atoms. The molecule has 0 radical (unpaired) electrons. The van der Waals surface area contributed by atoms with E-state index in [1.807, 2.05) is 17.0 Å². The SMILES string of the molecule is CCCCN1C(=O)N(CC2CCCCC2)C(=O)C12CCN(Cc1c(OC)cc(OC)cc1OC)CC2. The molecule has 8 nitrogen and oxygen atoms in total. The molecule has 3 aliphatic rings. The molecule has 0 N–H and O–H groups in total. The molecule has 0 atom stereocenters. The molecule has 2 aliphatic heterocycles. The molecule has 36 heavy (non-hydrogen) atoms. The van der Waals surface area contributed by atoms with Crippen LogP contribution in [-0.2, 0) is 11.3 Å². The van der Waals surface area contributed by atoms with Crippen LogP contribution in [0.15, 0.2) is 12.1 Å². The number of methoxy groups -OCH3 is 3. The van der Waals surface area contributed by atoms with Crippen LogP contribution in [0, 0.1) is 5.92 Å². The van der Waals surface area contributed by atoms with Crippen molar-refractivity contribution < 1.29 is 23.8 Å². The molecule has 4 rings (SSSR count). The van der Waals surface area contributed by atoms with Gasteiger partial charge in [-0.05, 0) is 38.0 Å². The zero-order valence-corrected chi connectivity index (χ0v) is 22.5. The third-order valence-corrected chi connectivity index (χ3v) is 8.40. The lowest BCUT2D eigenvalue weighted by molar-refractivity contribution is -0.136. The molecule has 1 aromatic carbocycles. The summed E-state index contributed by atoms with van der Waals surface area (Å²) in [5.41, 5.74) is 0.262. The lowest BCUT2D eigenvalue weighted by atomic mass is 9.84. The second kappa shape index (κ2) is 11.7. The minimum absolute atomic E-state index is 0.0356. The van der Waals surface area contributed by atoms with Crippen molar-refractivity contribution in [3.8, 4) is 17.2 Å². The smallest absolute Gasteiger partial charge is 0.327 e. The summed E-state index contributed by atoms with van der Waals surface area (Å²) < 4.78 is 16.7. The highest BCUT2D eigenvalue weighted by atomic mass is 16.5. The average Bonchev–Trinajstić information content (AvgIpc) is 3.10. The number of piperidine rings is 1. The molecule has 0 unspecified atom stereocenters. The predicted molar refractivity (Wildman–Crippen MR) is 139 cm³/mol. The van der Waals surface area contributed by atoms with Crippen LogP contribution < -0.4 is 14.2 Å². The summed E-state index contributed by atoms with van der Waals surface area (Å²) in [5, 5.41) is 0. The molecule has 3 fully saturated rings. The van der Waals surface area contributed by atoms with E-state index in [0.717, 1.165) is 55.8 Å². The third-order valence-electron chi connectivity index (χ3n) is 8.40. The Bertz CT molecular complexity index is 897. The van der Waals surface area contributed by atoms with E-state index >= 15 is 0 Å². The highest BCUT2D eigenvalue weighted by Crippen LogP contribution is 2.41. The number of nitrogens with zero attached hydrogens (tertiary/aromatic N) is 3. The summed E-state index contributed by atoms with van der Waals surface area (Å²) in [7, 11) is 4.93. The fourth-order valence-corrected chi connectivity index (χ4v) is 6.22. The predicted octanol–water partition coefficient (Wildman–Crippen LogP) is 4.69. The summed E-state index contributed by atoms with van der Waals surface area (Å²) in [6.45, 7) is 5.49. The Morgan fingerprint density at radius 1 is 0.944 bits per heavy atom. The normalized spacial score (nSPS) is 20.9. The number of carbonyl (C=O) groups is 2. The van der Waals surface area contributed by atoms with Crippen LogP contribution in [0.2, 0.25) is 0 Å². The van der Waals surface area contributed by atoms with Gasteiger partial charge in [0.25, 0.3) is 5.91 Å². The van der Waals surface area contributed by atoms with Crippen molar-refractivity contribution in [1.82, 2.24) is 14.7 Å². The minimum Gasteiger partial charge on any atom is -0.496 e. The Balaban J connectivity index is 1.50. The van der Waals surface area contributed by atoms with Crippen molar-refractivity contribution in [2.75, 3.05) is 47.5 Å². The van der Waals surface area contributed by atoms with E-state index in [2.05, 4.69) is 11.8 Å². The number of likely N-dealkylation sites (tertiary alicyclic amines) is 1. The van der Waals surface area contributed by atoms with Crippen molar-refractivity contribution in [3.05, 3.63) is 17.7 Å². The number of hydrogen-bond acceptors (Lipinski definition) is 6. The highest BCUT2D eigenvalue weighted by molar-refractivity contribution is 6.07. The number of urea groups is 1. The van der Waals surface area contributed by atoms with Gasteiger partial charge in [0.15, 0.2) is 0 Å². The Labute approximate surface area is 215 Å². The topological polar surface area (TPSA) is 71.6 Å². The maximum atomic E-state index is 13.9. The zero-order valence-electron chi connectivity index (χ0n) is 22.5. The van der Waals surface area contributed by atoms with Gasteiger partial charge in [0.2, 0.25) is 0 Å². The number of amides is 3. The molecule has 200 valence electrons. The molecule has 8 heteroatoms. The Morgan fingerprint density at radius 2 is 1.58 bits per heavy atom. The van der Waals surface area contributed by atoms with Crippen LogP contribution in [0.1, 0.15) is 70.3 Å². The summed E-state index contributed by atoms with van der Waals surface area (Å²) >= 11 is 0. The second-order valence-electron chi connectivity index (χ2n) is 10.5. The summed E-state index contributed by atoms with van der Waals surface area (Å²) in [6.07, 6.45) is 9.16. The fraction of sp³-hybridized carbons (Fsp3) is 0.714. The van der Waals surface area contributed by atoms with Crippen LogP contribution in [0.4, 0.5) is 4.79 Å². The van der Waals surface area contributed by atoms with Gasteiger partial charge >= 0.3 is 6.03 Å². The third kappa shape index (κ3) is 5.15. The number of ether oxygens (including phenoxy) is 3. The second-order valence-corrected chi connectivity index (χ2v) is 10.5. The van der Waals surface area contributed by atoms with E-state index in [-0.39, 0.29) is 11.9 Å². The number of imide groups is 1. The zero-order chi connectivity index (χ0) is 25.7. The standard InChI is InChI=1S/C28H43N3O5/c1-5-6-14-31-27(33)30(19-21-10-8-7-9-11-21)26(32)28(31)12-15-29(16-13-28)20-23-24(35-3)17-22(34-2)18-25(23)36-4/h17-18,21H,5-16,19-20H2,1-4H3. The van der Waals surface area contributed by atoms with Gasteiger partial charge in [-0.3, -0.25) is 14.6 Å². The van der Waals surface area contributed by atoms with Gasteiger partial charge in [0, 0.05) is 44.9 Å². The number of carbonyl (C=O) groups excluding carboxylic acids is 2. The van der Waals surface area contributed by atoms with Crippen molar-refractivity contribution in [1.29, 1.82) is 0 Å². The van der Waals surface area contributed by atoms with Crippen LogP contribution in [0.25, 0.3) is 0 Å². The van der Waals surface area contributed by atoms with E-state index in [4.69, 9.17) is 14.2 Å². The minimum atomic E-state index is -0.703. The van der Waals surface area contributed by atoms with E-state index in [9.17, 15) is 9.59 Å². The molecule has 1 saturated carbocycles. The molecule has 3 amide bonds. The Morgan fingerprint density at radius 3 is 2.14 bits per heavy atom. The first kappa shape index (κ1) is 26.6. The van der Waals surface area contributed by atoms with Crippen LogP contribution in [0.3, 0.4) is 0 Å².